The summed E-state index contributed by atoms with van der Waals surface area (Å²) in [4.78, 5) is 178. The Morgan fingerprint density at radius 1 is 0.505 bits per heavy atom. The van der Waals surface area contributed by atoms with Crippen LogP contribution in [0.25, 0.3) is 0 Å². The van der Waals surface area contributed by atoms with E-state index in [0.29, 0.717) is 106 Å². The van der Waals surface area contributed by atoms with Crippen molar-refractivity contribution < 1.29 is 119 Å². The van der Waals surface area contributed by atoms with E-state index in [0.717, 1.165) is 82.4 Å². The second-order valence-electron chi connectivity index (χ2n) is 22.6. The molecule has 1 N–H and O–H groups in total. The number of carbonyl (C=O) groups excluding carboxylic acids is 17. The molecular weight excluding hydrogens is 1430 g/mol. The molecule has 0 amide bonds. The van der Waals surface area contributed by atoms with Gasteiger partial charge in [0, 0.05) is 102 Å². The number of allylic oxidation sites excluding steroid dienone is 12. The lowest BCUT2D eigenvalue weighted by molar-refractivity contribution is -0.151. The number of esters is 4. The maximum absolute atomic E-state index is 10.8. The number of carbonyl (C=O) groups is 17. The van der Waals surface area contributed by atoms with E-state index in [4.69, 9.17) is 19.0 Å². The van der Waals surface area contributed by atoms with Crippen LogP contribution in [0.4, 0.5) is 0 Å². The van der Waals surface area contributed by atoms with Crippen LogP contribution in [-0.4, -0.2) is 159 Å². The van der Waals surface area contributed by atoms with Crippen molar-refractivity contribution in [1.29, 1.82) is 0 Å². The first kappa shape index (κ1) is 122. The summed E-state index contributed by atoms with van der Waals surface area (Å²) in [5.41, 5.74) is 3.68. The molecule has 0 aliphatic heterocycles. The summed E-state index contributed by atoms with van der Waals surface area (Å²) in [6.45, 7) is 38.0. The van der Waals surface area contributed by atoms with Crippen molar-refractivity contribution in [2.75, 3.05) is 47.8 Å². The van der Waals surface area contributed by atoms with Crippen LogP contribution in [0.2, 0.25) is 0 Å². The molecule has 0 bridgehead atoms. The number of hydrogen-bond acceptors (Lipinski definition) is 25. The molecule has 25 heteroatoms. The third kappa shape index (κ3) is 109. The van der Waals surface area contributed by atoms with Crippen LogP contribution < -0.4 is 0 Å². The van der Waals surface area contributed by atoms with Gasteiger partial charge in [-0.3, -0.25) is 57.5 Å². The van der Waals surface area contributed by atoms with Gasteiger partial charge in [-0.15, -0.1) is 0 Å². The van der Waals surface area contributed by atoms with E-state index in [2.05, 4.69) is 63.7 Å². The van der Waals surface area contributed by atoms with E-state index in [1.165, 1.54) is 88.2 Å². The Morgan fingerprint density at radius 2 is 1.01 bits per heavy atom. The van der Waals surface area contributed by atoms with Gasteiger partial charge >= 0.3 is 23.9 Å². The predicted octanol–water partition coefficient (Wildman–Crippen LogP) is 15.6. The Labute approximate surface area is 662 Å². The molecule has 0 aromatic carbocycles. The quantitative estimate of drug-likeness (QED) is 0.00609. The first-order chi connectivity index (χ1) is 52.4. The fourth-order valence-corrected chi connectivity index (χ4v) is 6.06. The molecule has 0 aliphatic carbocycles. The van der Waals surface area contributed by atoms with Gasteiger partial charge in [0.1, 0.15) is 24.1 Å². The van der Waals surface area contributed by atoms with Crippen LogP contribution in [0.1, 0.15) is 271 Å². The number of methoxy groups -OCH3 is 3. The summed E-state index contributed by atoms with van der Waals surface area (Å²) < 4.78 is 32.2. The fraction of sp³-hybridized carbons (Fsp3) is 0.547. The number of Topliss-reactive ketones (excluding diaryl/α,β-unsaturated/α-hetero) is 6. The maximum Gasteiger partial charge on any atom is 0.374 e. The zero-order valence-corrected chi connectivity index (χ0v) is 70.9. The van der Waals surface area contributed by atoms with Crippen molar-refractivity contribution in [3.8, 4) is 11.8 Å². The fourth-order valence-electron chi connectivity index (χ4n) is 6.06. The lowest BCUT2D eigenvalue weighted by atomic mass is 10.1. The molecule has 1 rings (SSSR count). The Kier molecular flexibility index (Phi) is 104. The highest BCUT2D eigenvalue weighted by atomic mass is 16.7. The molecule has 25 nitrogen and oxygen atoms in total. The van der Waals surface area contributed by atoms with Crippen molar-refractivity contribution in [3.05, 3.63) is 119 Å². The molecule has 628 valence electrons. The number of ketones is 11. The van der Waals surface area contributed by atoms with Crippen LogP contribution >= 0.6 is 0 Å². The predicted molar refractivity (Wildman–Crippen MR) is 433 cm³/mol. The first-order valence-electron chi connectivity index (χ1n) is 37.2. The smallest absolute Gasteiger partial charge is 0.374 e. The van der Waals surface area contributed by atoms with Gasteiger partial charge in [-0.05, 0) is 186 Å². The normalized spacial score (nSPS) is 10.1. The van der Waals surface area contributed by atoms with Crippen LogP contribution in [0.15, 0.2) is 118 Å². The molecule has 0 radical (unpaired) electrons. The molecule has 1 heterocycles. The Hall–Kier alpha value is -9.77. The third-order valence-corrected chi connectivity index (χ3v) is 12.3. The summed E-state index contributed by atoms with van der Waals surface area (Å²) in [6, 6.07) is 3.38. The van der Waals surface area contributed by atoms with Crippen molar-refractivity contribution in [2.24, 2.45) is 0 Å². The van der Waals surface area contributed by atoms with Gasteiger partial charge in [-0.2, -0.15) is 0 Å². The van der Waals surface area contributed by atoms with Gasteiger partial charge in [-0.1, -0.05) is 105 Å². The highest BCUT2D eigenvalue weighted by Crippen LogP contribution is 2.09. The Morgan fingerprint density at radius 3 is 1.36 bits per heavy atom. The van der Waals surface area contributed by atoms with Gasteiger partial charge < -0.3 is 42.7 Å². The number of aldehydes is 2. The summed E-state index contributed by atoms with van der Waals surface area (Å²) in [5.74, 6) is 3.44. The minimum Gasteiger partial charge on any atom is -0.466 e. The highest BCUT2D eigenvalue weighted by Gasteiger charge is 2.09. The largest absolute Gasteiger partial charge is 0.466 e. The average Bonchev–Trinajstić information content (AvgIpc) is 1.82. The number of aliphatic hydroxyl groups is 1. The van der Waals surface area contributed by atoms with Gasteiger partial charge in [-0.25, -0.2) is 19.2 Å². The maximum atomic E-state index is 10.8. The molecule has 0 unspecified atom stereocenters. The third-order valence-electron chi connectivity index (χ3n) is 12.3. The lowest BCUT2D eigenvalue weighted by Gasteiger charge is -2.09. The highest BCUT2D eigenvalue weighted by molar-refractivity contribution is 6.33. The monoisotopic (exact) mass is 1570 g/mol. The summed E-state index contributed by atoms with van der Waals surface area (Å²) in [5, 5.41) is 8.30. The van der Waals surface area contributed by atoms with Crippen molar-refractivity contribution >= 4 is 100 Å². The molecule has 1 aromatic heterocycles. The van der Waals surface area contributed by atoms with E-state index in [1.54, 1.807) is 74.4 Å². The van der Waals surface area contributed by atoms with Crippen LogP contribution in [-0.2, 0) is 105 Å². The first-order valence-corrected chi connectivity index (χ1v) is 37.2. The summed E-state index contributed by atoms with van der Waals surface area (Å²) in [6.07, 6.45) is 33.1. The average molecular weight is 1570 g/mol. The Bertz CT molecular complexity index is 2980. The number of unbranched alkanes of at least 4 members (excludes halogenated alkanes) is 1. The van der Waals surface area contributed by atoms with Crippen LogP contribution in [0.5, 0.6) is 0 Å². The van der Waals surface area contributed by atoms with Gasteiger partial charge in [0.2, 0.25) is 17.9 Å². The van der Waals surface area contributed by atoms with Crippen molar-refractivity contribution in [1.82, 2.24) is 0 Å². The molecule has 1 aromatic rings. The zero-order valence-electron chi connectivity index (χ0n) is 70.9. The molecule has 0 spiro atoms. The molecule has 111 heavy (non-hydrogen) atoms. The topological polar surface area (TPSA) is 379 Å². The minimum absolute atomic E-state index is 0.00167. The Balaban J connectivity index is -0.000000127. The van der Waals surface area contributed by atoms with Gasteiger partial charge in [0.15, 0.2) is 46.2 Å². The molecule has 0 atom stereocenters. The zero-order chi connectivity index (χ0) is 87.8. The van der Waals surface area contributed by atoms with Crippen LogP contribution in [0, 0.1) is 11.8 Å². The van der Waals surface area contributed by atoms with Gasteiger partial charge in [0.05, 0.1) is 40.8 Å². The van der Waals surface area contributed by atoms with E-state index in [1.807, 2.05) is 48.5 Å². The molecule has 0 saturated carbocycles. The molecular formula is C86H134O25. The summed E-state index contributed by atoms with van der Waals surface area (Å²) >= 11 is 0. The second kappa shape index (κ2) is 94.4. The lowest BCUT2D eigenvalue weighted by Crippen LogP contribution is -2.15. The van der Waals surface area contributed by atoms with E-state index >= 15 is 0 Å². The SMILES string of the molecule is CC(=O)CC/C=C(\C)CCC=C(C)C.CCC(=O)/C=C(\C)C(C)=O.CCC(=O)/C=C/C(=O)CC.CCC(=O)C(=O)OC.CCC(=O)c1ccco1.CCCC(=O)/C=C/C=O.CCCC(=O)CCC.CCCCC(=O)/C=C/CO.CCOC(=O)/C=C(\C)C=O.CCOC(C#CC(=O)CC)OCC.COC(=O)/C=C/C(=O)OC. The molecule has 0 saturated heterocycles. The standard InChI is InChI=1S/C13H22O.C10H16O3.2C8H12O2.C8H14O2.C7H10O3.C7H8O2.C7H10O2.C7H14O.C6H8O4.C5H8O3/c1-11(2)7-5-8-12(3)9-6-10-13(4)14;1-4-9(11)7-8-10(12-5-2)13-6-3;1-4-8(10)5-6(2)7(3)9;1-3-7(9)5-6-8(10)4-2;1-2-3-5-8(10)6-4-7-9;1-3-10-7(9)4-6(2)5-8;1-2-6(8)7-4-3-5-9-7;1-2-4-7(9)5-3-6-8;1-3-5-7(8)6-4-2;1-9-5(7)3-4-6(8)10-2;1-3-4(6)5(7)8-2/h7,9H,5-6,8,10H2,1-4H3;10H,4-6H2,1-3H3;5H,4H2,1-3H3;5-6H,3-4H2,1-2H3;4,6,9H,2-3,5,7H2,1H3;4-5H,3H2,1-2H3;3-5H,2H2,1H3;3,5-6H,2,4H2,1H3;3-6H2,1-2H3;3-4H,1-2H3;3H2,1-2H3/b12-9+;;2*6-5+;2*6-4+;;5-3+;;4-3+;. The minimum atomic E-state index is -0.757. The van der Waals surface area contributed by atoms with E-state index in [9.17, 15) is 81.5 Å². The number of rotatable bonds is 40. The van der Waals surface area contributed by atoms with Crippen molar-refractivity contribution in [2.45, 2.75) is 267 Å². The van der Waals surface area contributed by atoms with Gasteiger partial charge in [0.25, 0.3) is 0 Å². The number of ether oxygens (including phenoxy) is 6. The van der Waals surface area contributed by atoms with E-state index in [-0.39, 0.29) is 65.1 Å². The van der Waals surface area contributed by atoms with Crippen LogP contribution in [0.3, 0.4) is 0 Å². The second-order valence-corrected chi connectivity index (χ2v) is 22.6. The number of hydrogen-bond donors (Lipinski definition) is 1. The summed E-state index contributed by atoms with van der Waals surface area (Å²) in [7, 11) is 3.64. The molecule has 0 aliphatic rings. The van der Waals surface area contributed by atoms with E-state index < -0.39 is 36.0 Å². The molecule has 0 fully saturated rings. The number of aliphatic hydroxyl groups excluding tert-OH is 1. The number of furan rings is 1. The van der Waals surface area contributed by atoms with Crippen molar-refractivity contribution in [3.63, 3.8) is 0 Å².